The third-order valence-electron chi connectivity index (χ3n) is 4.91. The van der Waals surface area contributed by atoms with Crippen LogP contribution in [0.5, 0.6) is 11.5 Å². The highest BCUT2D eigenvalue weighted by Gasteiger charge is 2.21. The van der Waals surface area contributed by atoms with Gasteiger partial charge in [-0.15, -0.1) is 24.0 Å². The molecule has 0 spiro atoms. The first-order chi connectivity index (χ1) is 13.1. The van der Waals surface area contributed by atoms with Gasteiger partial charge in [0, 0.05) is 39.9 Å². The summed E-state index contributed by atoms with van der Waals surface area (Å²) in [6.07, 6.45) is 7.01. The number of halogens is 1. The molecule has 3 rings (SSSR count). The van der Waals surface area contributed by atoms with E-state index in [0.717, 1.165) is 56.4 Å². The molecule has 154 valence electrons. The van der Waals surface area contributed by atoms with Gasteiger partial charge < -0.3 is 19.7 Å². The van der Waals surface area contributed by atoms with Gasteiger partial charge in [0.2, 0.25) is 0 Å². The van der Waals surface area contributed by atoms with E-state index in [4.69, 9.17) is 9.47 Å². The summed E-state index contributed by atoms with van der Waals surface area (Å²) in [6, 6.07) is 4.17. The van der Waals surface area contributed by atoms with E-state index in [1.54, 1.807) is 14.2 Å². The van der Waals surface area contributed by atoms with Crippen LogP contribution in [0.1, 0.15) is 23.1 Å². The molecule has 2 aromatic rings. The highest BCUT2D eigenvalue weighted by atomic mass is 127. The topological polar surface area (TPSA) is 63.9 Å². The third-order valence-corrected chi connectivity index (χ3v) is 4.91. The molecule has 0 fully saturated rings. The lowest BCUT2D eigenvalue weighted by molar-refractivity contribution is 0.346. The molecule has 2 heterocycles. The Balaban J connectivity index is 0.00000280. The molecule has 0 radical (unpaired) electrons. The number of ether oxygens (including phenoxy) is 2. The first-order valence-electron chi connectivity index (χ1n) is 9.31. The highest BCUT2D eigenvalue weighted by molar-refractivity contribution is 14.0. The average Bonchev–Trinajstić information content (AvgIpc) is 3.11. The van der Waals surface area contributed by atoms with Gasteiger partial charge in [-0.25, -0.2) is 0 Å². The van der Waals surface area contributed by atoms with Crippen LogP contribution in [0.25, 0.3) is 0 Å². The van der Waals surface area contributed by atoms with Crippen molar-refractivity contribution >= 4 is 29.9 Å². The average molecular weight is 499 g/mol. The van der Waals surface area contributed by atoms with Gasteiger partial charge in [0.25, 0.3) is 0 Å². The van der Waals surface area contributed by atoms with Crippen molar-refractivity contribution < 1.29 is 9.47 Å². The van der Waals surface area contributed by atoms with Crippen molar-refractivity contribution in [2.24, 2.45) is 12.0 Å². The van der Waals surface area contributed by atoms with E-state index in [-0.39, 0.29) is 24.0 Å². The lowest BCUT2D eigenvalue weighted by Gasteiger charge is -2.32. The summed E-state index contributed by atoms with van der Waals surface area (Å²) >= 11 is 0. The molecule has 8 heteroatoms. The van der Waals surface area contributed by atoms with Crippen LogP contribution in [0.3, 0.4) is 0 Å². The number of aliphatic imine (C=N–C) groups is 1. The number of hydrogen-bond acceptors (Lipinski definition) is 4. The number of benzene rings is 1. The Bertz CT molecular complexity index is 806. The number of methoxy groups -OCH3 is 2. The zero-order valence-electron chi connectivity index (χ0n) is 17.1. The Morgan fingerprint density at radius 2 is 1.93 bits per heavy atom. The Morgan fingerprint density at radius 1 is 1.21 bits per heavy atom. The van der Waals surface area contributed by atoms with Gasteiger partial charge in [-0.1, -0.05) is 0 Å². The molecule has 0 aliphatic carbocycles. The Labute approximate surface area is 184 Å². The zero-order valence-corrected chi connectivity index (χ0v) is 19.4. The fourth-order valence-electron chi connectivity index (χ4n) is 3.49. The number of fused-ring (bicyclic) bond motifs is 1. The summed E-state index contributed by atoms with van der Waals surface area (Å²) in [7, 11) is 7.14. The standard InChI is InChI=1S/C20H29N5O2.HI/c1-21-20(22-8-5-6-15-12-23-24(2)13-15)25-9-7-16-10-18(26-3)19(27-4)11-17(16)14-25;/h10-13H,5-9,14H2,1-4H3,(H,21,22);1H. The molecular weight excluding hydrogens is 469 g/mol. The van der Waals surface area contributed by atoms with E-state index >= 15 is 0 Å². The molecule has 0 unspecified atom stereocenters. The molecule has 0 saturated carbocycles. The lowest BCUT2D eigenvalue weighted by atomic mass is 9.99. The quantitative estimate of drug-likeness (QED) is 0.287. The van der Waals surface area contributed by atoms with Crippen molar-refractivity contribution in [3.8, 4) is 11.5 Å². The van der Waals surface area contributed by atoms with Gasteiger partial charge in [0.05, 0.1) is 20.4 Å². The van der Waals surface area contributed by atoms with E-state index in [1.807, 2.05) is 25.0 Å². The van der Waals surface area contributed by atoms with Gasteiger partial charge in [-0.2, -0.15) is 5.10 Å². The van der Waals surface area contributed by atoms with Crippen LogP contribution >= 0.6 is 24.0 Å². The Morgan fingerprint density at radius 3 is 2.54 bits per heavy atom. The molecule has 1 aliphatic rings. The SMILES string of the molecule is CN=C(NCCCc1cnn(C)c1)N1CCc2cc(OC)c(OC)cc2C1.I. The summed E-state index contributed by atoms with van der Waals surface area (Å²) in [5.41, 5.74) is 3.84. The predicted octanol–water partition coefficient (Wildman–Crippen LogP) is 2.62. The smallest absolute Gasteiger partial charge is 0.193 e. The zero-order chi connectivity index (χ0) is 19.2. The second-order valence-electron chi connectivity index (χ2n) is 6.75. The van der Waals surface area contributed by atoms with Gasteiger partial charge in [0.15, 0.2) is 17.5 Å². The minimum Gasteiger partial charge on any atom is -0.493 e. The van der Waals surface area contributed by atoms with Crippen molar-refractivity contribution in [1.29, 1.82) is 0 Å². The Hall–Kier alpha value is -1.97. The summed E-state index contributed by atoms with van der Waals surface area (Å²) in [5.74, 6) is 2.52. The fourth-order valence-corrected chi connectivity index (χ4v) is 3.49. The second kappa shape index (κ2) is 10.5. The molecule has 0 saturated heterocycles. The highest BCUT2D eigenvalue weighted by Crippen LogP contribution is 2.33. The molecular formula is C20H30IN5O2. The molecule has 1 aromatic heterocycles. The maximum Gasteiger partial charge on any atom is 0.193 e. The largest absolute Gasteiger partial charge is 0.493 e. The van der Waals surface area contributed by atoms with E-state index in [1.165, 1.54) is 16.7 Å². The van der Waals surface area contributed by atoms with Crippen molar-refractivity contribution in [3.63, 3.8) is 0 Å². The molecule has 1 aliphatic heterocycles. The summed E-state index contributed by atoms with van der Waals surface area (Å²) in [4.78, 5) is 6.76. The maximum atomic E-state index is 5.45. The van der Waals surface area contributed by atoms with Crippen molar-refractivity contribution in [3.05, 3.63) is 41.2 Å². The molecule has 7 nitrogen and oxygen atoms in total. The summed E-state index contributed by atoms with van der Waals surface area (Å²) in [6.45, 7) is 2.64. The first-order valence-corrected chi connectivity index (χ1v) is 9.31. The monoisotopic (exact) mass is 499 g/mol. The van der Waals surface area contributed by atoms with Gasteiger partial charge in [-0.3, -0.25) is 9.67 Å². The molecule has 1 N–H and O–H groups in total. The number of hydrogen-bond donors (Lipinski definition) is 1. The number of rotatable bonds is 6. The van der Waals surface area contributed by atoms with Gasteiger partial charge in [0.1, 0.15) is 0 Å². The number of aromatic nitrogens is 2. The lowest BCUT2D eigenvalue weighted by Crippen LogP contribution is -2.44. The van der Waals surface area contributed by atoms with Crippen LogP contribution in [0.2, 0.25) is 0 Å². The van der Waals surface area contributed by atoms with E-state index in [2.05, 4.69) is 38.6 Å². The van der Waals surface area contributed by atoms with Crippen LogP contribution < -0.4 is 14.8 Å². The van der Waals surface area contributed by atoms with Crippen LogP contribution in [0.4, 0.5) is 0 Å². The molecule has 0 bridgehead atoms. The molecule has 0 atom stereocenters. The van der Waals surface area contributed by atoms with Gasteiger partial charge in [-0.05, 0) is 48.1 Å². The maximum absolute atomic E-state index is 5.45. The van der Waals surface area contributed by atoms with Crippen molar-refractivity contribution in [2.45, 2.75) is 25.8 Å². The number of guanidine groups is 1. The van der Waals surface area contributed by atoms with Crippen LogP contribution in [0.15, 0.2) is 29.5 Å². The van der Waals surface area contributed by atoms with E-state index in [0.29, 0.717) is 0 Å². The molecule has 0 amide bonds. The van der Waals surface area contributed by atoms with Crippen LogP contribution in [-0.2, 0) is 26.4 Å². The van der Waals surface area contributed by atoms with Crippen LogP contribution in [0, 0.1) is 0 Å². The summed E-state index contributed by atoms with van der Waals surface area (Å²) in [5, 5.41) is 7.70. The van der Waals surface area contributed by atoms with Crippen molar-refractivity contribution in [2.75, 3.05) is 34.4 Å². The normalized spacial score (nSPS) is 13.6. The Kier molecular flexibility index (Phi) is 8.40. The number of nitrogens with one attached hydrogen (secondary N) is 1. The predicted molar refractivity (Wildman–Crippen MR) is 122 cm³/mol. The second-order valence-corrected chi connectivity index (χ2v) is 6.75. The fraction of sp³-hybridized carbons (Fsp3) is 0.500. The minimum absolute atomic E-state index is 0. The number of nitrogens with zero attached hydrogens (tertiary/aromatic N) is 4. The minimum atomic E-state index is 0. The third kappa shape index (κ3) is 5.30. The molecule has 28 heavy (non-hydrogen) atoms. The van der Waals surface area contributed by atoms with Gasteiger partial charge >= 0.3 is 0 Å². The van der Waals surface area contributed by atoms with Crippen LogP contribution in [-0.4, -0.2) is 55.0 Å². The summed E-state index contributed by atoms with van der Waals surface area (Å²) < 4.78 is 12.7. The van der Waals surface area contributed by atoms with Crippen molar-refractivity contribution in [1.82, 2.24) is 20.0 Å². The molecule has 1 aromatic carbocycles. The van der Waals surface area contributed by atoms with E-state index < -0.39 is 0 Å². The number of aryl methyl sites for hydroxylation is 2. The van der Waals surface area contributed by atoms with E-state index in [9.17, 15) is 0 Å². The first kappa shape index (κ1) is 22.3.